The average Bonchev–Trinajstić information content (AvgIpc) is 3.37. The van der Waals surface area contributed by atoms with Gasteiger partial charge in [0.1, 0.15) is 12.4 Å². The zero-order valence-corrected chi connectivity index (χ0v) is 15.5. The van der Waals surface area contributed by atoms with Crippen molar-refractivity contribution in [1.29, 1.82) is 0 Å². The van der Waals surface area contributed by atoms with Crippen LogP contribution in [0.2, 0.25) is 0 Å². The van der Waals surface area contributed by atoms with Crippen molar-refractivity contribution in [2.75, 3.05) is 22.8 Å². The molecule has 1 saturated carbocycles. The lowest BCUT2D eigenvalue weighted by molar-refractivity contribution is -0.116. The van der Waals surface area contributed by atoms with Crippen molar-refractivity contribution in [3.63, 3.8) is 0 Å². The molecule has 0 spiro atoms. The van der Waals surface area contributed by atoms with E-state index in [1.807, 2.05) is 6.07 Å². The van der Waals surface area contributed by atoms with Gasteiger partial charge >= 0.3 is 0 Å². The molecule has 0 aromatic heterocycles. The number of hydrogen-bond acceptors (Lipinski definition) is 4. The molecule has 1 saturated heterocycles. The molecule has 1 aliphatic carbocycles. The van der Waals surface area contributed by atoms with Gasteiger partial charge in [0.15, 0.2) is 4.75 Å². The average molecular weight is 384 g/mol. The van der Waals surface area contributed by atoms with Gasteiger partial charge in [0.2, 0.25) is 15.9 Å². The van der Waals surface area contributed by atoms with Crippen LogP contribution in [0.4, 0.5) is 11.4 Å². The summed E-state index contributed by atoms with van der Waals surface area (Å²) in [7, 11) is -3.76. The highest BCUT2D eigenvalue weighted by Gasteiger charge is 2.75. The Hall–Kier alpha value is -2.80. The summed E-state index contributed by atoms with van der Waals surface area (Å²) in [4.78, 5) is 12.9. The third kappa shape index (κ3) is 2.78. The first-order valence-corrected chi connectivity index (χ1v) is 10.2. The highest BCUT2D eigenvalue weighted by Crippen LogP contribution is 2.58. The molecule has 0 radical (unpaired) electrons. The molecule has 4 rings (SSSR count). The van der Waals surface area contributed by atoms with Gasteiger partial charge in [-0.25, -0.2) is 8.42 Å². The topological polar surface area (TPSA) is 75.7 Å². The van der Waals surface area contributed by atoms with E-state index in [9.17, 15) is 13.2 Å². The van der Waals surface area contributed by atoms with Crippen molar-refractivity contribution in [3.05, 3.63) is 67.3 Å². The number of ether oxygens (including phenoxy) is 1. The molecule has 0 bridgehead atoms. The summed E-state index contributed by atoms with van der Waals surface area (Å²) in [5.41, 5.74) is 1.14. The molecule has 2 aromatic rings. The van der Waals surface area contributed by atoms with Gasteiger partial charge in [0, 0.05) is 18.2 Å². The number of amides is 1. The van der Waals surface area contributed by atoms with Crippen LogP contribution in [0.1, 0.15) is 6.42 Å². The van der Waals surface area contributed by atoms with Gasteiger partial charge < -0.3 is 10.1 Å². The second-order valence-corrected chi connectivity index (χ2v) is 8.86. The minimum atomic E-state index is -3.76. The Labute approximate surface area is 158 Å². The highest BCUT2D eigenvalue weighted by molar-refractivity contribution is 7.95. The molecule has 0 unspecified atom stereocenters. The summed E-state index contributed by atoms with van der Waals surface area (Å²) < 4.78 is 31.6. The van der Waals surface area contributed by atoms with Crippen molar-refractivity contribution in [2.45, 2.75) is 11.2 Å². The van der Waals surface area contributed by atoms with Gasteiger partial charge in [-0.1, -0.05) is 30.9 Å². The van der Waals surface area contributed by atoms with Gasteiger partial charge in [-0.15, -0.1) is 0 Å². The molecule has 7 heteroatoms. The zero-order chi connectivity index (χ0) is 19.1. The molecular weight excluding hydrogens is 364 g/mol. The third-order valence-corrected chi connectivity index (χ3v) is 7.64. The first-order chi connectivity index (χ1) is 13.0. The van der Waals surface area contributed by atoms with Crippen LogP contribution in [0.3, 0.4) is 0 Å². The van der Waals surface area contributed by atoms with E-state index in [1.165, 1.54) is 4.31 Å². The van der Waals surface area contributed by atoms with Crippen LogP contribution in [0, 0.1) is 5.92 Å². The number of nitrogens with one attached hydrogen (secondary N) is 1. The van der Waals surface area contributed by atoms with E-state index in [0.29, 0.717) is 36.7 Å². The van der Waals surface area contributed by atoms with Gasteiger partial charge in [-0.2, -0.15) is 0 Å². The Bertz CT molecular complexity index is 973. The Morgan fingerprint density at radius 2 is 1.93 bits per heavy atom. The Balaban J connectivity index is 1.52. The lowest BCUT2D eigenvalue weighted by Gasteiger charge is -2.22. The number of fused-ring (bicyclic) bond motifs is 1. The Kier molecular flexibility index (Phi) is 4.19. The highest BCUT2D eigenvalue weighted by atomic mass is 32.2. The van der Waals surface area contributed by atoms with Gasteiger partial charge in [0.05, 0.1) is 5.69 Å². The van der Waals surface area contributed by atoms with Crippen molar-refractivity contribution in [2.24, 2.45) is 5.92 Å². The molecule has 1 heterocycles. The van der Waals surface area contributed by atoms with E-state index in [0.717, 1.165) is 0 Å². The molecule has 140 valence electrons. The molecule has 1 amide bonds. The van der Waals surface area contributed by atoms with Crippen LogP contribution in [0.5, 0.6) is 5.75 Å². The first kappa shape index (κ1) is 17.6. The largest absolute Gasteiger partial charge is 0.490 e. The van der Waals surface area contributed by atoms with E-state index >= 15 is 0 Å². The first-order valence-electron chi connectivity index (χ1n) is 8.71. The second kappa shape index (κ2) is 6.42. The molecule has 2 atom stereocenters. The number of hydrogen-bond donors (Lipinski definition) is 1. The van der Waals surface area contributed by atoms with Gasteiger partial charge in [-0.3, -0.25) is 9.10 Å². The van der Waals surface area contributed by atoms with E-state index in [1.54, 1.807) is 54.6 Å². The number of carbonyl (C=O) groups excluding carboxylic acids is 1. The lowest BCUT2D eigenvalue weighted by Crippen LogP contribution is -2.42. The summed E-state index contributed by atoms with van der Waals surface area (Å²) >= 11 is 0. The molecule has 1 N–H and O–H groups in total. The minimum absolute atomic E-state index is 0.182. The number of benzene rings is 2. The van der Waals surface area contributed by atoms with E-state index in [2.05, 4.69) is 11.9 Å². The SMILES string of the molecule is C=CCOc1ccc(NC(=O)[C@]23C[C@@H]2CN(c2ccccc2)S3(=O)=O)cc1. The molecule has 6 nitrogen and oxygen atoms in total. The quantitative estimate of drug-likeness (QED) is 0.777. The molecule has 2 aliphatic rings. The Morgan fingerprint density at radius 3 is 2.59 bits per heavy atom. The summed E-state index contributed by atoms with van der Waals surface area (Å²) in [5.74, 6) is 0.00250. The number of nitrogens with zero attached hydrogens (tertiary/aromatic N) is 1. The Morgan fingerprint density at radius 1 is 1.22 bits per heavy atom. The van der Waals surface area contributed by atoms with E-state index < -0.39 is 20.7 Å². The van der Waals surface area contributed by atoms with Crippen LogP contribution in [0.25, 0.3) is 0 Å². The van der Waals surface area contributed by atoms with Crippen LogP contribution in [-0.4, -0.2) is 32.2 Å². The van der Waals surface area contributed by atoms with Gasteiger partial charge in [-0.05, 0) is 42.8 Å². The normalized spacial score (nSPS) is 24.7. The molecular formula is C20H20N2O4S. The zero-order valence-electron chi connectivity index (χ0n) is 14.7. The van der Waals surface area contributed by atoms with Crippen molar-refractivity contribution < 1.29 is 17.9 Å². The maximum atomic E-state index is 13.1. The molecule has 2 fully saturated rings. The third-order valence-electron chi connectivity index (χ3n) is 5.09. The predicted molar refractivity (Wildman–Crippen MR) is 104 cm³/mol. The number of carbonyl (C=O) groups is 1. The molecule has 2 aromatic carbocycles. The molecule has 1 aliphatic heterocycles. The summed E-state index contributed by atoms with van der Waals surface area (Å²) in [6.45, 7) is 4.32. The standard InChI is InChI=1S/C20H20N2O4S/c1-2-12-26-18-10-8-16(9-11-18)21-19(23)20-13-15(20)14-22(27(20,24)25)17-6-4-3-5-7-17/h2-11,15H,1,12-14H2,(H,21,23)/t15-,20+/m1/s1. The number of anilines is 2. The van der Waals surface area contributed by atoms with E-state index in [4.69, 9.17) is 4.74 Å². The van der Waals surface area contributed by atoms with Crippen LogP contribution < -0.4 is 14.4 Å². The number of para-hydroxylation sites is 1. The summed E-state index contributed by atoms with van der Waals surface area (Å²) in [6, 6.07) is 15.7. The fraction of sp³-hybridized carbons (Fsp3) is 0.250. The fourth-order valence-electron chi connectivity index (χ4n) is 3.59. The van der Waals surface area contributed by atoms with Crippen LogP contribution >= 0.6 is 0 Å². The maximum absolute atomic E-state index is 13.1. The summed E-state index contributed by atoms with van der Waals surface area (Å²) in [5, 5.41) is 2.76. The number of sulfonamides is 1. The van der Waals surface area contributed by atoms with Crippen LogP contribution in [-0.2, 0) is 14.8 Å². The van der Waals surface area contributed by atoms with Crippen LogP contribution in [0.15, 0.2) is 67.3 Å². The predicted octanol–water partition coefficient (Wildman–Crippen LogP) is 2.80. The smallest absolute Gasteiger partial charge is 0.250 e. The number of rotatable bonds is 6. The van der Waals surface area contributed by atoms with Crippen molar-refractivity contribution >= 4 is 27.3 Å². The van der Waals surface area contributed by atoms with Gasteiger partial charge in [0.25, 0.3) is 0 Å². The summed E-state index contributed by atoms with van der Waals surface area (Å²) in [6.07, 6.45) is 2.01. The fourth-order valence-corrected chi connectivity index (χ4v) is 5.95. The maximum Gasteiger partial charge on any atom is 0.250 e. The van der Waals surface area contributed by atoms with Crippen molar-refractivity contribution in [3.8, 4) is 5.75 Å². The molecule has 27 heavy (non-hydrogen) atoms. The van der Waals surface area contributed by atoms with E-state index in [-0.39, 0.29) is 5.92 Å². The van der Waals surface area contributed by atoms with Crippen molar-refractivity contribution in [1.82, 2.24) is 0 Å². The second-order valence-electron chi connectivity index (χ2n) is 6.74. The lowest BCUT2D eigenvalue weighted by atomic mass is 10.2. The monoisotopic (exact) mass is 384 g/mol. The minimum Gasteiger partial charge on any atom is -0.490 e.